The smallest absolute Gasteiger partial charge is 0.326 e. The molecular formula is C14H20N4O5S. The molecule has 1 saturated heterocycles. The Kier molecular flexibility index (Phi) is 6.64. The summed E-state index contributed by atoms with van der Waals surface area (Å²) < 4.78 is 5.28. The summed E-state index contributed by atoms with van der Waals surface area (Å²) in [6.07, 6.45) is -0.169. The summed E-state index contributed by atoms with van der Waals surface area (Å²) in [4.78, 5) is 40.5. The van der Waals surface area contributed by atoms with Crippen LogP contribution in [0.5, 0.6) is 0 Å². The van der Waals surface area contributed by atoms with Gasteiger partial charge in [-0.05, 0) is 6.42 Å². The Morgan fingerprint density at radius 1 is 1.42 bits per heavy atom. The number of nitrogens with two attached hydrogens (primary N) is 1. The maximum Gasteiger partial charge on any atom is 0.326 e. The molecule has 2 heterocycles. The van der Waals surface area contributed by atoms with Crippen molar-refractivity contribution in [3.63, 3.8) is 0 Å². The second-order valence-electron chi connectivity index (χ2n) is 5.38. The van der Waals surface area contributed by atoms with Gasteiger partial charge in [-0.2, -0.15) is 0 Å². The lowest BCUT2D eigenvalue weighted by atomic mass is 10.1. The molecule has 2 rings (SSSR count). The van der Waals surface area contributed by atoms with E-state index >= 15 is 0 Å². The Bertz CT molecular complexity index is 600. The van der Waals surface area contributed by atoms with E-state index in [9.17, 15) is 14.4 Å². The van der Waals surface area contributed by atoms with Crippen LogP contribution in [-0.2, 0) is 20.9 Å². The van der Waals surface area contributed by atoms with E-state index in [-0.39, 0.29) is 18.5 Å². The number of carbonyl (C=O) groups is 3. The van der Waals surface area contributed by atoms with E-state index in [1.807, 2.05) is 0 Å². The number of rotatable bonds is 8. The van der Waals surface area contributed by atoms with Crippen LogP contribution < -0.4 is 11.1 Å². The minimum Gasteiger partial charge on any atom is -0.480 e. The molecule has 24 heavy (non-hydrogen) atoms. The van der Waals surface area contributed by atoms with E-state index in [0.29, 0.717) is 19.8 Å². The van der Waals surface area contributed by atoms with Gasteiger partial charge in [0, 0.05) is 24.9 Å². The van der Waals surface area contributed by atoms with Crippen molar-refractivity contribution in [2.24, 2.45) is 5.73 Å². The van der Waals surface area contributed by atoms with Gasteiger partial charge in [-0.15, -0.1) is 11.3 Å². The average Bonchev–Trinajstić information content (AvgIpc) is 3.00. The Hall–Kier alpha value is -2.04. The molecular weight excluding hydrogens is 336 g/mol. The monoisotopic (exact) mass is 356 g/mol. The quantitative estimate of drug-likeness (QED) is 0.567. The molecule has 0 bridgehead atoms. The van der Waals surface area contributed by atoms with E-state index < -0.39 is 23.8 Å². The number of nitrogens with zero attached hydrogens (tertiary/aromatic N) is 2. The van der Waals surface area contributed by atoms with E-state index in [2.05, 4.69) is 15.2 Å². The lowest BCUT2D eigenvalue weighted by Crippen LogP contribution is -2.41. The molecule has 1 aromatic rings. The number of nitrogens with one attached hydrogen (secondary N) is 1. The molecule has 0 spiro atoms. The van der Waals surface area contributed by atoms with Crippen molar-refractivity contribution in [3.05, 3.63) is 16.1 Å². The molecule has 10 heteroatoms. The molecule has 2 amide bonds. The van der Waals surface area contributed by atoms with Crippen LogP contribution in [0.2, 0.25) is 0 Å². The number of aliphatic carboxylic acids is 1. The molecule has 9 nitrogen and oxygen atoms in total. The number of primary amides is 1. The van der Waals surface area contributed by atoms with Crippen LogP contribution in [0.25, 0.3) is 0 Å². The van der Waals surface area contributed by atoms with E-state index in [4.69, 9.17) is 15.6 Å². The van der Waals surface area contributed by atoms with Gasteiger partial charge in [-0.1, -0.05) is 0 Å². The highest BCUT2D eigenvalue weighted by atomic mass is 32.1. The third kappa shape index (κ3) is 5.55. The first-order chi connectivity index (χ1) is 11.5. The molecule has 132 valence electrons. The summed E-state index contributed by atoms with van der Waals surface area (Å²) in [5.74, 6) is -2.40. The number of amides is 2. The van der Waals surface area contributed by atoms with Gasteiger partial charge in [0.05, 0.1) is 19.8 Å². The molecule has 0 aliphatic carbocycles. The summed E-state index contributed by atoms with van der Waals surface area (Å²) in [5.41, 5.74) is 5.18. The maximum atomic E-state index is 12.1. The van der Waals surface area contributed by atoms with Crippen molar-refractivity contribution in [3.8, 4) is 0 Å². The molecule has 4 N–H and O–H groups in total. The minimum absolute atomic E-state index is 0.0544. The largest absolute Gasteiger partial charge is 0.480 e. The molecule has 1 aliphatic rings. The fourth-order valence-electron chi connectivity index (χ4n) is 2.21. The van der Waals surface area contributed by atoms with Crippen molar-refractivity contribution in [1.82, 2.24) is 15.2 Å². The zero-order chi connectivity index (χ0) is 17.5. The third-order valence-electron chi connectivity index (χ3n) is 3.53. The minimum atomic E-state index is -1.21. The van der Waals surface area contributed by atoms with E-state index in [1.165, 1.54) is 11.3 Å². The summed E-state index contributed by atoms with van der Waals surface area (Å²) in [6.45, 7) is 3.62. The first-order valence-electron chi connectivity index (χ1n) is 7.52. The number of carboxylic acid groups (broad SMARTS) is 1. The van der Waals surface area contributed by atoms with Gasteiger partial charge in [-0.25, -0.2) is 9.78 Å². The zero-order valence-electron chi connectivity index (χ0n) is 13.1. The van der Waals surface area contributed by atoms with Gasteiger partial charge in [0.1, 0.15) is 16.7 Å². The van der Waals surface area contributed by atoms with Crippen LogP contribution in [-0.4, -0.2) is 65.1 Å². The number of carbonyl (C=O) groups excluding carboxylic acids is 2. The fourth-order valence-corrected chi connectivity index (χ4v) is 3.03. The highest BCUT2D eigenvalue weighted by Crippen LogP contribution is 2.14. The van der Waals surface area contributed by atoms with Crippen LogP contribution >= 0.6 is 11.3 Å². The number of thiazole rings is 1. The first-order valence-corrected chi connectivity index (χ1v) is 8.40. The SMILES string of the molecule is NC(=O)CCC(NC(=O)c1csc(CN2CCOCC2)n1)C(=O)O. The Morgan fingerprint density at radius 3 is 2.75 bits per heavy atom. The number of morpholine rings is 1. The number of hydrogen-bond acceptors (Lipinski definition) is 7. The van der Waals surface area contributed by atoms with Crippen LogP contribution in [0.1, 0.15) is 28.3 Å². The number of aromatic nitrogens is 1. The number of carboxylic acids is 1. The first kappa shape index (κ1) is 18.3. The standard InChI is InChI=1S/C14H20N4O5S/c15-11(19)2-1-9(14(21)22)17-13(20)10-8-24-12(16-10)7-18-3-5-23-6-4-18/h8-9H,1-7H2,(H2,15,19)(H,17,20)(H,21,22). The predicted octanol–water partition coefficient (Wildman–Crippen LogP) is -0.576. The van der Waals surface area contributed by atoms with Crippen LogP contribution in [0, 0.1) is 0 Å². The van der Waals surface area contributed by atoms with Crippen molar-refractivity contribution >= 4 is 29.1 Å². The Morgan fingerprint density at radius 2 is 2.12 bits per heavy atom. The number of ether oxygens (including phenoxy) is 1. The highest BCUT2D eigenvalue weighted by molar-refractivity contribution is 7.09. The van der Waals surface area contributed by atoms with Crippen LogP contribution in [0.4, 0.5) is 0 Å². The Balaban J connectivity index is 1.91. The zero-order valence-corrected chi connectivity index (χ0v) is 13.9. The van der Waals surface area contributed by atoms with Crippen LogP contribution in [0.3, 0.4) is 0 Å². The molecule has 1 aliphatic heterocycles. The van der Waals surface area contributed by atoms with Gasteiger partial charge >= 0.3 is 5.97 Å². The maximum absolute atomic E-state index is 12.1. The van der Waals surface area contributed by atoms with E-state index in [0.717, 1.165) is 18.1 Å². The van der Waals surface area contributed by atoms with Gasteiger partial charge in [0.25, 0.3) is 5.91 Å². The summed E-state index contributed by atoms with van der Waals surface area (Å²) in [7, 11) is 0. The van der Waals surface area contributed by atoms with E-state index in [1.54, 1.807) is 5.38 Å². The van der Waals surface area contributed by atoms with Gasteiger partial charge in [0.15, 0.2) is 0 Å². The number of hydrogen-bond donors (Lipinski definition) is 3. The lowest BCUT2D eigenvalue weighted by molar-refractivity contribution is -0.139. The average molecular weight is 356 g/mol. The van der Waals surface area contributed by atoms with Crippen molar-refractivity contribution < 1.29 is 24.2 Å². The van der Waals surface area contributed by atoms with Gasteiger partial charge < -0.3 is 20.9 Å². The third-order valence-corrected chi connectivity index (χ3v) is 4.36. The van der Waals surface area contributed by atoms with Gasteiger partial charge in [-0.3, -0.25) is 14.5 Å². The normalized spacial score (nSPS) is 16.5. The predicted molar refractivity (Wildman–Crippen MR) is 85.5 cm³/mol. The molecule has 0 radical (unpaired) electrons. The van der Waals surface area contributed by atoms with Gasteiger partial charge in [0.2, 0.25) is 5.91 Å². The Labute approximate surface area is 142 Å². The summed E-state index contributed by atoms with van der Waals surface area (Å²) >= 11 is 1.35. The molecule has 0 aromatic carbocycles. The second kappa shape index (κ2) is 8.71. The lowest BCUT2D eigenvalue weighted by Gasteiger charge is -2.25. The summed E-state index contributed by atoms with van der Waals surface area (Å²) in [5, 5.41) is 13.8. The molecule has 0 saturated carbocycles. The van der Waals surface area contributed by atoms with Crippen molar-refractivity contribution in [2.45, 2.75) is 25.4 Å². The fraction of sp³-hybridized carbons (Fsp3) is 0.571. The molecule has 1 atom stereocenters. The second-order valence-corrected chi connectivity index (χ2v) is 6.33. The van der Waals surface area contributed by atoms with Crippen molar-refractivity contribution in [2.75, 3.05) is 26.3 Å². The van der Waals surface area contributed by atoms with Crippen molar-refractivity contribution in [1.29, 1.82) is 0 Å². The van der Waals surface area contributed by atoms with Crippen LogP contribution in [0.15, 0.2) is 5.38 Å². The molecule has 1 unspecified atom stereocenters. The molecule has 1 aromatic heterocycles. The topological polar surface area (TPSA) is 135 Å². The summed E-state index contributed by atoms with van der Waals surface area (Å²) in [6, 6.07) is -1.17. The molecule has 1 fully saturated rings. The highest BCUT2D eigenvalue weighted by Gasteiger charge is 2.23.